The number of rotatable bonds is 4. The van der Waals surface area contributed by atoms with E-state index >= 15 is 0 Å². The van der Waals surface area contributed by atoms with Gasteiger partial charge in [-0.1, -0.05) is 18.2 Å². The van der Waals surface area contributed by atoms with Crippen LogP contribution in [0.15, 0.2) is 41.1 Å². The lowest BCUT2D eigenvalue weighted by Crippen LogP contribution is -1.88. The molecule has 4 heteroatoms. The van der Waals surface area contributed by atoms with Crippen molar-refractivity contribution in [2.24, 2.45) is 0 Å². The van der Waals surface area contributed by atoms with Crippen LogP contribution in [0.25, 0.3) is 10.9 Å². The van der Waals surface area contributed by atoms with Gasteiger partial charge in [-0.25, -0.2) is 4.98 Å². The van der Waals surface area contributed by atoms with Gasteiger partial charge in [-0.3, -0.25) is 0 Å². The third kappa shape index (κ3) is 1.97. The maximum atomic E-state index is 5.51. The Morgan fingerprint density at radius 2 is 2.17 bits per heavy atom. The average Bonchev–Trinajstić information content (AvgIpc) is 3.03. The molecule has 4 nitrogen and oxygen atoms in total. The highest BCUT2D eigenvalue weighted by Gasteiger charge is 2.06. The van der Waals surface area contributed by atoms with E-state index in [0.29, 0.717) is 6.01 Å². The van der Waals surface area contributed by atoms with Gasteiger partial charge in [0.1, 0.15) is 5.76 Å². The molecule has 3 aromatic rings. The van der Waals surface area contributed by atoms with Crippen molar-refractivity contribution in [1.82, 2.24) is 9.97 Å². The molecule has 0 unspecified atom stereocenters. The van der Waals surface area contributed by atoms with Crippen molar-refractivity contribution in [3.05, 3.63) is 48.0 Å². The number of aromatic amines is 1. The number of para-hydroxylation sites is 1. The summed E-state index contributed by atoms with van der Waals surface area (Å²) in [6.45, 7) is 0. The summed E-state index contributed by atoms with van der Waals surface area (Å²) < 4.78 is 5.51. The highest BCUT2D eigenvalue weighted by Crippen LogP contribution is 2.20. The van der Waals surface area contributed by atoms with Crippen LogP contribution in [-0.2, 0) is 12.8 Å². The predicted octanol–water partition coefficient (Wildman–Crippen LogP) is 2.98. The zero-order valence-corrected chi connectivity index (χ0v) is 10.2. The molecule has 0 aliphatic carbocycles. The van der Waals surface area contributed by atoms with Gasteiger partial charge in [-0.05, 0) is 18.1 Å². The van der Waals surface area contributed by atoms with Crippen molar-refractivity contribution >= 4 is 16.9 Å². The maximum absolute atomic E-state index is 5.51. The molecule has 2 heterocycles. The van der Waals surface area contributed by atoms with Gasteiger partial charge in [0.05, 0.1) is 6.20 Å². The fraction of sp³-hybridized carbons (Fsp3) is 0.214. The predicted molar refractivity (Wildman–Crippen MR) is 71.8 cm³/mol. The molecule has 18 heavy (non-hydrogen) atoms. The molecule has 0 aliphatic heterocycles. The molecule has 0 saturated heterocycles. The lowest BCUT2D eigenvalue weighted by atomic mass is 10.1. The molecule has 0 radical (unpaired) electrons. The second-order valence-corrected chi connectivity index (χ2v) is 4.24. The second kappa shape index (κ2) is 4.56. The van der Waals surface area contributed by atoms with Gasteiger partial charge in [0, 0.05) is 30.6 Å². The van der Waals surface area contributed by atoms with Crippen LogP contribution in [0.4, 0.5) is 6.01 Å². The Labute approximate surface area is 105 Å². The largest absolute Gasteiger partial charge is 0.429 e. The SMILES string of the molecule is CNc1ncc(CCc2c[nH]c3ccccc23)o1. The molecule has 1 aromatic carbocycles. The molecule has 92 valence electrons. The van der Waals surface area contributed by atoms with Crippen molar-refractivity contribution in [2.45, 2.75) is 12.8 Å². The van der Waals surface area contributed by atoms with Crippen LogP contribution < -0.4 is 5.32 Å². The summed E-state index contributed by atoms with van der Waals surface area (Å²) in [6, 6.07) is 8.90. The lowest BCUT2D eigenvalue weighted by molar-refractivity contribution is 0.518. The number of H-pyrrole nitrogens is 1. The standard InChI is InChI=1S/C14H15N3O/c1-15-14-17-9-11(18-14)7-6-10-8-16-13-5-3-2-4-12(10)13/h2-5,8-9,16H,6-7H2,1H3,(H,15,17). The first-order valence-corrected chi connectivity index (χ1v) is 6.04. The minimum atomic E-state index is 0.573. The van der Waals surface area contributed by atoms with E-state index in [1.54, 1.807) is 13.2 Å². The summed E-state index contributed by atoms with van der Waals surface area (Å²) in [4.78, 5) is 7.39. The number of oxazole rings is 1. The van der Waals surface area contributed by atoms with Crippen LogP contribution in [0.1, 0.15) is 11.3 Å². The molecule has 0 spiro atoms. The minimum Gasteiger partial charge on any atom is -0.429 e. The number of fused-ring (bicyclic) bond motifs is 1. The molecule has 0 atom stereocenters. The van der Waals surface area contributed by atoms with Crippen LogP contribution in [-0.4, -0.2) is 17.0 Å². The van der Waals surface area contributed by atoms with E-state index in [1.807, 2.05) is 6.07 Å². The number of aryl methyl sites for hydroxylation is 2. The quantitative estimate of drug-likeness (QED) is 0.738. The molecule has 0 saturated carbocycles. The van der Waals surface area contributed by atoms with E-state index in [1.165, 1.54) is 16.5 Å². The Hall–Kier alpha value is -2.23. The average molecular weight is 241 g/mol. The topological polar surface area (TPSA) is 53.9 Å². The van der Waals surface area contributed by atoms with E-state index in [4.69, 9.17) is 4.42 Å². The van der Waals surface area contributed by atoms with E-state index in [-0.39, 0.29) is 0 Å². The Kier molecular flexibility index (Phi) is 2.76. The number of aromatic nitrogens is 2. The molecule has 3 rings (SSSR count). The monoisotopic (exact) mass is 241 g/mol. The summed E-state index contributed by atoms with van der Waals surface area (Å²) in [5.41, 5.74) is 2.49. The summed E-state index contributed by atoms with van der Waals surface area (Å²) in [7, 11) is 1.80. The first-order chi connectivity index (χ1) is 8.86. The van der Waals surface area contributed by atoms with Crippen molar-refractivity contribution in [2.75, 3.05) is 12.4 Å². The minimum absolute atomic E-state index is 0.573. The van der Waals surface area contributed by atoms with Crippen molar-refractivity contribution in [1.29, 1.82) is 0 Å². The zero-order chi connectivity index (χ0) is 12.4. The second-order valence-electron chi connectivity index (χ2n) is 4.24. The van der Waals surface area contributed by atoms with Crippen LogP contribution in [0, 0.1) is 0 Å². The maximum Gasteiger partial charge on any atom is 0.294 e. The Morgan fingerprint density at radius 1 is 1.28 bits per heavy atom. The molecule has 2 N–H and O–H groups in total. The molecular weight excluding hydrogens is 226 g/mol. The summed E-state index contributed by atoms with van der Waals surface area (Å²) in [5, 5.41) is 4.17. The van der Waals surface area contributed by atoms with Gasteiger partial charge in [0.15, 0.2) is 0 Å². The van der Waals surface area contributed by atoms with E-state index < -0.39 is 0 Å². The van der Waals surface area contributed by atoms with Crippen molar-refractivity contribution in [3.8, 4) is 0 Å². The smallest absolute Gasteiger partial charge is 0.294 e. The zero-order valence-electron chi connectivity index (χ0n) is 10.2. The van der Waals surface area contributed by atoms with E-state index in [2.05, 4.69) is 39.7 Å². The Balaban J connectivity index is 1.76. The fourth-order valence-corrected chi connectivity index (χ4v) is 2.13. The first kappa shape index (κ1) is 10.9. The Bertz CT molecular complexity index is 654. The molecule has 0 bridgehead atoms. The van der Waals surface area contributed by atoms with Crippen molar-refractivity contribution in [3.63, 3.8) is 0 Å². The number of nitrogens with one attached hydrogen (secondary N) is 2. The molecule has 0 aliphatic rings. The fourth-order valence-electron chi connectivity index (χ4n) is 2.13. The number of hydrogen-bond donors (Lipinski definition) is 2. The third-order valence-corrected chi connectivity index (χ3v) is 3.08. The normalized spacial score (nSPS) is 10.9. The highest BCUT2D eigenvalue weighted by atomic mass is 16.4. The Morgan fingerprint density at radius 3 is 3.00 bits per heavy atom. The summed E-state index contributed by atoms with van der Waals surface area (Å²) in [6.07, 6.45) is 5.65. The number of nitrogens with zero attached hydrogens (tertiary/aromatic N) is 1. The van der Waals surface area contributed by atoms with Gasteiger partial charge in [0.2, 0.25) is 0 Å². The molecule has 0 amide bonds. The summed E-state index contributed by atoms with van der Waals surface area (Å²) in [5.74, 6) is 0.907. The molecule has 0 fully saturated rings. The van der Waals surface area contributed by atoms with Crippen LogP contribution >= 0.6 is 0 Å². The van der Waals surface area contributed by atoms with Gasteiger partial charge >= 0.3 is 0 Å². The van der Waals surface area contributed by atoms with Gasteiger partial charge in [-0.15, -0.1) is 0 Å². The van der Waals surface area contributed by atoms with Gasteiger partial charge in [0.25, 0.3) is 6.01 Å². The third-order valence-electron chi connectivity index (χ3n) is 3.08. The van der Waals surface area contributed by atoms with Gasteiger partial charge < -0.3 is 14.7 Å². The van der Waals surface area contributed by atoms with Crippen LogP contribution in [0.2, 0.25) is 0 Å². The first-order valence-electron chi connectivity index (χ1n) is 6.04. The van der Waals surface area contributed by atoms with Crippen LogP contribution in [0.5, 0.6) is 0 Å². The highest BCUT2D eigenvalue weighted by molar-refractivity contribution is 5.83. The van der Waals surface area contributed by atoms with Crippen molar-refractivity contribution < 1.29 is 4.42 Å². The van der Waals surface area contributed by atoms with E-state index in [9.17, 15) is 0 Å². The number of anilines is 1. The van der Waals surface area contributed by atoms with Gasteiger partial charge in [-0.2, -0.15) is 0 Å². The molecule has 2 aromatic heterocycles. The lowest BCUT2D eigenvalue weighted by Gasteiger charge is -1.97. The van der Waals surface area contributed by atoms with E-state index in [0.717, 1.165) is 18.6 Å². The number of hydrogen-bond acceptors (Lipinski definition) is 3. The molecular formula is C14H15N3O. The summed E-state index contributed by atoms with van der Waals surface area (Å²) >= 11 is 0. The van der Waals surface area contributed by atoms with Crippen LogP contribution in [0.3, 0.4) is 0 Å². The number of benzene rings is 1.